The summed E-state index contributed by atoms with van der Waals surface area (Å²) in [6.07, 6.45) is 4.13. The van der Waals surface area contributed by atoms with Crippen molar-refractivity contribution in [3.8, 4) is 5.75 Å². The summed E-state index contributed by atoms with van der Waals surface area (Å²) in [6.45, 7) is 2.58. The number of benzene rings is 1. The Bertz CT molecular complexity index is 520. The maximum atomic E-state index is 12.6. The van der Waals surface area contributed by atoms with Gasteiger partial charge in [0.05, 0.1) is 4.90 Å². The van der Waals surface area contributed by atoms with E-state index in [1.165, 1.54) is 0 Å². The van der Waals surface area contributed by atoms with Crippen LogP contribution in [0, 0.1) is 0 Å². The predicted molar refractivity (Wildman–Crippen MR) is 83.1 cm³/mol. The van der Waals surface area contributed by atoms with Crippen molar-refractivity contribution < 1.29 is 13.2 Å². The summed E-state index contributed by atoms with van der Waals surface area (Å²) in [7, 11) is -1.50. The molecule has 0 saturated carbocycles. The van der Waals surface area contributed by atoms with Gasteiger partial charge in [0.15, 0.2) is 0 Å². The molecular formula is C15H24N2O3S. The monoisotopic (exact) mass is 312 g/mol. The Morgan fingerprint density at radius 2 is 1.71 bits per heavy atom. The summed E-state index contributed by atoms with van der Waals surface area (Å²) in [5, 5.41) is 2.99. The molecule has 118 valence electrons. The van der Waals surface area contributed by atoms with E-state index in [1.807, 2.05) is 7.05 Å². The second kappa shape index (κ2) is 7.77. The Labute approximate surface area is 127 Å². The number of ether oxygens (including phenoxy) is 1. The van der Waals surface area contributed by atoms with Crippen LogP contribution in [0.1, 0.15) is 25.7 Å². The van der Waals surface area contributed by atoms with Crippen LogP contribution in [0.25, 0.3) is 0 Å². The molecule has 1 saturated heterocycles. The number of nitrogens with one attached hydrogen (secondary N) is 1. The van der Waals surface area contributed by atoms with Crippen LogP contribution in [0.15, 0.2) is 29.2 Å². The van der Waals surface area contributed by atoms with Gasteiger partial charge in [-0.3, -0.25) is 0 Å². The van der Waals surface area contributed by atoms with Gasteiger partial charge in [-0.05, 0) is 44.2 Å². The van der Waals surface area contributed by atoms with E-state index >= 15 is 0 Å². The van der Waals surface area contributed by atoms with E-state index in [0.29, 0.717) is 30.3 Å². The first-order chi connectivity index (χ1) is 10.1. The van der Waals surface area contributed by atoms with Crippen molar-refractivity contribution in [2.45, 2.75) is 30.6 Å². The number of hydrogen-bond acceptors (Lipinski definition) is 4. The summed E-state index contributed by atoms with van der Waals surface area (Å²) in [4.78, 5) is 0.352. The van der Waals surface area contributed by atoms with Gasteiger partial charge >= 0.3 is 0 Å². The van der Waals surface area contributed by atoms with Crippen molar-refractivity contribution >= 4 is 10.0 Å². The minimum absolute atomic E-state index is 0.352. The molecule has 1 N–H and O–H groups in total. The van der Waals surface area contributed by atoms with Gasteiger partial charge in [-0.25, -0.2) is 8.42 Å². The third-order valence-corrected chi connectivity index (χ3v) is 5.56. The zero-order chi connectivity index (χ0) is 15.1. The highest BCUT2D eigenvalue weighted by atomic mass is 32.2. The molecule has 0 atom stereocenters. The molecule has 1 aliphatic heterocycles. The molecule has 1 fully saturated rings. The first kappa shape index (κ1) is 16.3. The summed E-state index contributed by atoms with van der Waals surface area (Å²) < 4.78 is 32.3. The molecule has 5 nitrogen and oxygen atoms in total. The van der Waals surface area contributed by atoms with E-state index in [2.05, 4.69) is 5.32 Å². The zero-order valence-corrected chi connectivity index (χ0v) is 13.4. The third-order valence-electron chi connectivity index (χ3n) is 3.65. The first-order valence-electron chi connectivity index (χ1n) is 7.52. The van der Waals surface area contributed by atoms with E-state index in [0.717, 1.165) is 32.2 Å². The quantitative estimate of drug-likeness (QED) is 0.815. The molecule has 0 amide bonds. The molecule has 0 aromatic heterocycles. The molecule has 0 aliphatic carbocycles. The fraction of sp³-hybridized carbons (Fsp3) is 0.600. The fourth-order valence-electron chi connectivity index (χ4n) is 2.41. The van der Waals surface area contributed by atoms with Crippen LogP contribution >= 0.6 is 0 Å². The molecule has 21 heavy (non-hydrogen) atoms. The Kier molecular flexibility index (Phi) is 6.02. The molecule has 0 unspecified atom stereocenters. The molecule has 1 aromatic rings. The van der Waals surface area contributed by atoms with Gasteiger partial charge < -0.3 is 10.1 Å². The van der Waals surface area contributed by atoms with Crippen LogP contribution in [0.4, 0.5) is 0 Å². The highest BCUT2D eigenvalue weighted by molar-refractivity contribution is 7.89. The molecule has 6 heteroatoms. The van der Waals surface area contributed by atoms with E-state index in [1.54, 1.807) is 28.6 Å². The molecule has 0 spiro atoms. The van der Waals surface area contributed by atoms with E-state index in [4.69, 9.17) is 4.74 Å². The molecule has 0 radical (unpaired) electrons. The van der Waals surface area contributed by atoms with Crippen molar-refractivity contribution in [3.63, 3.8) is 0 Å². The van der Waals surface area contributed by atoms with Gasteiger partial charge in [-0.1, -0.05) is 12.8 Å². The average Bonchev–Trinajstić information content (AvgIpc) is 2.78. The second-order valence-corrected chi connectivity index (χ2v) is 7.18. The topological polar surface area (TPSA) is 58.6 Å². The number of nitrogens with zero attached hydrogens (tertiary/aromatic N) is 1. The molecule has 1 aromatic carbocycles. The highest BCUT2D eigenvalue weighted by Gasteiger charge is 2.24. The van der Waals surface area contributed by atoms with Gasteiger partial charge in [0.1, 0.15) is 12.4 Å². The first-order valence-corrected chi connectivity index (χ1v) is 8.96. The summed E-state index contributed by atoms with van der Waals surface area (Å²) in [5.74, 6) is 0.695. The molecule has 2 rings (SSSR count). The molecule has 0 bridgehead atoms. The van der Waals surface area contributed by atoms with Gasteiger partial charge in [0.25, 0.3) is 0 Å². The van der Waals surface area contributed by atoms with Gasteiger partial charge in [-0.2, -0.15) is 4.31 Å². The van der Waals surface area contributed by atoms with Crippen molar-refractivity contribution in [2.24, 2.45) is 0 Å². The van der Waals surface area contributed by atoms with E-state index in [-0.39, 0.29) is 0 Å². The molecular weight excluding hydrogens is 288 g/mol. The number of hydrogen-bond donors (Lipinski definition) is 1. The van der Waals surface area contributed by atoms with E-state index in [9.17, 15) is 8.42 Å². The summed E-state index contributed by atoms with van der Waals surface area (Å²) in [6, 6.07) is 6.71. The lowest BCUT2D eigenvalue weighted by atomic mass is 10.2. The van der Waals surface area contributed by atoms with Gasteiger partial charge in [-0.15, -0.1) is 0 Å². The Morgan fingerprint density at radius 1 is 1.10 bits per heavy atom. The molecule has 1 heterocycles. The van der Waals surface area contributed by atoms with Crippen LogP contribution in [0.3, 0.4) is 0 Å². The fourth-order valence-corrected chi connectivity index (χ4v) is 3.93. The van der Waals surface area contributed by atoms with Crippen LogP contribution in [0.2, 0.25) is 0 Å². The van der Waals surface area contributed by atoms with Crippen molar-refractivity contribution in [2.75, 3.05) is 33.3 Å². The Morgan fingerprint density at radius 3 is 2.29 bits per heavy atom. The summed E-state index contributed by atoms with van der Waals surface area (Å²) >= 11 is 0. The Balaban J connectivity index is 2.05. The number of sulfonamides is 1. The second-order valence-electron chi connectivity index (χ2n) is 5.24. The maximum Gasteiger partial charge on any atom is 0.243 e. The third kappa shape index (κ3) is 4.43. The largest absolute Gasteiger partial charge is 0.492 e. The van der Waals surface area contributed by atoms with Crippen LogP contribution in [-0.4, -0.2) is 46.0 Å². The van der Waals surface area contributed by atoms with Crippen LogP contribution in [0.5, 0.6) is 5.75 Å². The van der Waals surface area contributed by atoms with Crippen LogP contribution in [-0.2, 0) is 10.0 Å². The highest BCUT2D eigenvalue weighted by Crippen LogP contribution is 2.22. The lowest BCUT2D eigenvalue weighted by Gasteiger charge is -2.20. The standard InChI is InChI=1S/C15H24N2O3S/c1-16-10-13-20-14-6-8-15(9-7-14)21(18,19)17-11-4-2-3-5-12-17/h6-9,16H,2-5,10-13H2,1H3. The SMILES string of the molecule is CNCCOc1ccc(S(=O)(=O)N2CCCCCC2)cc1. The predicted octanol–water partition coefficient (Wildman–Crippen LogP) is 1.85. The van der Waals surface area contributed by atoms with Crippen LogP contribution < -0.4 is 10.1 Å². The minimum Gasteiger partial charge on any atom is -0.492 e. The smallest absolute Gasteiger partial charge is 0.243 e. The normalized spacial score (nSPS) is 17.4. The molecule has 1 aliphatic rings. The van der Waals surface area contributed by atoms with Crippen molar-refractivity contribution in [1.29, 1.82) is 0 Å². The average molecular weight is 312 g/mol. The number of rotatable bonds is 6. The number of likely N-dealkylation sites (N-methyl/N-ethyl adjacent to an activating group) is 1. The van der Waals surface area contributed by atoms with Gasteiger partial charge in [0, 0.05) is 19.6 Å². The Hall–Kier alpha value is -1.11. The minimum atomic E-state index is -3.36. The van der Waals surface area contributed by atoms with E-state index < -0.39 is 10.0 Å². The summed E-state index contributed by atoms with van der Waals surface area (Å²) in [5.41, 5.74) is 0. The van der Waals surface area contributed by atoms with Crippen molar-refractivity contribution in [3.05, 3.63) is 24.3 Å². The lowest BCUT2D eigenvalue weighted by molar-refractivity contribution is 0.318. The van der Waals surface area contributed by atoms with Crippen molar-refractivity contribution in [1.82, 2.24) is 9.62 Å². The zero-order valence-electron chi connectivity index (χ0n) is 12.5. The van der Waals surface area contributed by atoms with Gasteiger partial charge in [0.2, 0.25) is 10.0 Å². The maximum absolute atomic E-state index is 12.6. The lowest BCUT2D eigenvalue weighted by Crippen LogP contribution is -2.31.